The number of nitrogens with one attached hydrogen (secondary N) is 1. The van der Waals surface area contributed by atoms with Crippen LogP contribution in [-0.4, -0.2) is 29.6 Å². The van der Waals surface area contributed by atoms with E-state index in [9.17, 15) is 4.79 Å². The molecule has 1 aromatic heterocycles. The lowest BCUT2D eigenvalue weighted by molar-refractivity contribution is -0.138. The first-order valence-corrected chi connectivity index (χ1v) is 3.81. The molecular weight excluding hydrogens is 170 g/mol. The van der Waals surface area contributed by atoms with Crippen molar-refractivity contribution >= 4 is 11.9 Å². The van der Waals surface area contributed by atoms with E-state index in [4.69, 9.17) is 0 Å². The maximum atomic E-state index is 10.7. The van der Waals surface area contributed by atoms with Gasteiger partial charge in [-0.1, -0.05) is 0 Å². The van der Waals surface area contributed by atoms with Crippen molar-refractivity contribution in [1.82, 2.24) is 9.97 Å². The van der Waals surface area contributed by atoms with Crippen molar-refractivity contribution in [3.8, 4) is 0 Å². The topological polar surface area (TPSA) is 64.1 Å². The predicted molar refractivity (Wildman–Crippen MR) is 47.3 cm³/mol. The van der Waals surface area contributed by atoms with Gasteiger partial charge >= 0.3 is 5.97 Å². The summed E-state index contributed by atoms with van der Waals surface area (Å²) in [5, 5.41) is 2.73. The number of carbonyl (C=O) groups excluding carboxylic acids is 1. The third-order valence-electron chi connectivity index (χ3n) is 1.40. The molecule has 1 heterocycles. The Balaban J connectivity index is 2.46. The molecule has 0 spiro atoms. The lowest BCUT2D eigenvalue weighted by atomic mass is 10.4. The third-order valence-corrected chi connectivity index (χ3v) is 1.40. The van der Waals surface area contributed by atoms with E-state index in [1.54, 1.807) is 12.4 Å². The summed E-state index contributed by atoms with van der Waals surface area (Å²) in [7, 11) is 1.33. The molecule has 70 valence electrons. The molecule has 0 aliphatic carbocycles. The van der Waals surface area contributed by atoms with Crippen LogP contribution >= 0.6 is 0 Å². The molecule has 0 bridgehead atoms. The lowest BCUT2D eigenvalue weighted by Crippen LogP contribution is -2.16. The zero-order valence-corrected chi connectivity index (χ0v) is 7.57. The number of ether oxygens (including phenoxy) is 1. The Morgan fingerprint density at radius 1 is 1.54 bits per heavy atom. The molecule has 5 nitrogen and oxygen atoms in total. The number of hydrogen-bond acceptors (Lipinski definition) is 5. The van der Waals surface area contributed by atoms with Gasteiger partial charge in [-0.3, -0.25) is 4.79 Å². The summed E-state index contributed by atoms with van der Waals surface area (Å²) in [5.74, 6) is 0.0835. The van der Waals surface area contributed by atoms with Gasteiger partial charge in [0.1, 0.15) is 6.54 Å². The standard InChI is InChI=1S/C8H11N3O2/c1-6-3-9-8(10-4-6)11-5-7(12)13-2/h3-4H,5H2,1-2H3,(H,9,10,11). The van der Waals surface area contributed by atoms with Crippen LogP contribution in [-0.2, 0) is 9.53 Å². The summed E-state index contributed by atoms with van der Waals surface area (Å²) in [5.41, 5.74) is 0.976. The molecule has 13 heavy (non-hydrogen) atoms. The highest BCUT2D eigenvalue weighted by Crippen LogP contribution is 1.97. The SMILES string of the molecule is COC(=O)CNc1ncc(C)cn1. The minimum Gasteiger partial charge on any atom is -0.468 e. The summed E-state index contributed by atoms with van der Waals surface area (Å²) in [6, 6.07) is 0. The number of methoxy groups -OCH3 is 1. The van der Waals surface area contributed by atoms with Crippen molar-refractivity contribution in [1.29, 1.82) is 0 Å². The van der Waals surface area contributed by atoms with Crippen molar-refractivity contribution in [2.24, 2.45) is 0 Å². The first kappa shape index (κ1) is 9.44. The molecule has 0 saturated heterocycles. The highest BCUT2D eigenvalue weighted by molar-refractivity contribution is 5.73. The number of rotatable bonds is 3. The van der Waals surface area contributed by atoms with Gasteiger partial charge < -0.3 is 10.1 Å². The lowest BCUT2D eigenvalue weighted by Gasteiger charge is -2.02. The Labute approximate surface area is 76.2 Å². The van der Waals surface area contributed by atoms with Crippen molar-refractivity contribution < 1.29 is 9.53 Å². The first-order valence-electron chi connectivity index (χ1n) is 3.81. The van der Waals surface area contributed by atoms with E-state index in [1.165, 1.54) is 7.11 Å². The minimum absolute atomic E-state index is 0.0829. The maximum Gasteiger partial charge on any atom is 0.325 e. The minimum atomic E-state index is -0.343. The molecule has 0 amide bonds. The van der Waals surface area contributed by atoms with Crippen LogP contribution in [0, 0.1) is 6.92 Å². The molecule has 0 aliphatic heterocycles. The fraction of sp³-hybridized carbons (Fsp3) is 0.375. The van der Waals surface area contributed by atoms with Crippen molar-refractivity contribution in [2.45, 2.75) is 6.92 Å². The molecule has 1 N–H and O–H groups in total. The second kappa shape index (κ2) is 4.39. The van der Waals surface area contributed by atoms with Crippen LogP contribution < -0.4 is 5.32 Å². The number of esters is 1. The molecule has 0 aromatic carbocycles. The van der Waals surface area contributed by atoms with E-state index in [0.717, 1.165) is 5.56 Å². The van der Waals surface area contributed by atoms with E-state index in [0.29, 0.717) is 5.95 Å². The Bertz CT molecular complexity index is 284. The maximum absolute atomic E-state index is 10.7. The van der Waals surface area contributed by atoms with Gasteiger partial charge in [-0.05, 0) is 12.5 Å². The molecule has 1 aromatic rings. The van der Waals surface area contributed by atoms with Crippen LogP contribution in [0.5, 0.6) is 0 Å². The normalized spacial score (nSPS) is 9.38. The highest BCUT2D eigenvalue weighted by Gasteiger charge is 2.00. The summed E-state index contributed by atoms with van der Waals surface area (Å²) in [4.78, 5) is 18.6. The molecule has 0 radical (unpaired) electrons. The van der Waals surface area contributed by atoms with Crippen LogP contribution in [0.4, 0.5) is 5.95 Å². The molecule has 0 unspecified atom stereocenters. The van der Waals surface area contributed by atoms with E-state index in [-0.39, 0.29) is 12.5 Å². The Hall–Kier alpha value is -1.65. The number of aryl methyl sites for hydroxylation is 1. The number of nitrogens with zero attached hydrogens (tertiary/aromatic N) is 2. The second-order valence-electron chi connectivity index (χ2n) is 2.51. The summed E-state index contributed by atoms with van der Waals surface area (Å²) in [6.07, 6.45) is 3.35. The average Bonchev–Trinajstić information content (AvgIpc) is 2.16. The Morgan fingerprint density at radius 3 is 2.69 bits per heavy atom. The van der Waals surface area contributed by atoms with Crippen molar-refractivity contribution in [3.63, 3.8) is 0 Å². The first-order chi connectivity index (χ1) is 6.22. The van der Waals surface area contributed by atoms with Crippen molar-refractivity contribution in [2.75, 3.05) is 19.0 Å². The zero-order chi connectivity index (χ0) is 9.68. The smallest absolute Gasteiger partial charge is 0.325 e. The number of carbonyl (C=O) groups is 1. The fourth-order valence-electron chi connectivity index (χ4n) is 0.707. The molecule has 0 saturated carbocycles. The Kier molecular flexibility index (Phi) is 3.19. The molecule has 5 heteroatoms. The summed E-state index contributed by atoms with van der Waals surface area (Å²) >= 11 is 0. The largest absolute Gasteiger partial charge is 0.468 e. The molecule has 0 atom stereocenters. The number of aromatic nitrogens is 2. The van der Waals surface area contributed by atoms with E-state index in [2.05, 4.69) is 20.0 Å². The van der Waals surface area contributed by atoms with Crippen LogP contribution in [0.25, 0.3) is 0 Å². The third kappa shape index (κ3) is 3.06. The zero-order valence-electron chi connectivity index (χ0n) is 7.57. The Morgan fingerprint density at radius 2 is 2.15 bits per heavy atom. The van der Waals surface area contributed by atoms with E-state index < -0.39 is 0 Å². The molecule has 0 fully saturated rings. The van der Waals surface area contributed by atoms with Crippen LogP contribution in [0.2, 0.25) is 0 Å². The number of hydrogen-bond donors (Lipinski definition) is 1. The number of anilines is 1. The van der Waals surface area contributed by atoms with Crippen LogP contribution in [0.3, 0.4) is 0 Å². The second-order valence-corrected chi connectivity index (χ2v) is 2.51. The van der Waals surface area contributed by atoms with E-state index >= 15 is 0 Å². The van der Waals surface area contributed by atoms with Gasteiger partial charge in [0, 0.05) is 12.4 Å². The quantitative estimate of drug-likeness (QED) is 0.682. The molecule has 1 rings (SSSR count). The van der Waals surface area contributed by atoms with Gasteiger partial charge in [-0.2, -0.15) is 0 Å². The van der Waals surface area contributed by atoms with Gasteiger partial charge in [0.05, 0.1) is 7.11 Å². The van der Waals surface area contributed by atoms with Crippen LogP contribution in [0.1, 0.15) is 5.56 Å². The molecular formula is C8H11N3O2. The average molecular weight is 181 g/mol. The highest BCUT2D eigenvalue weighted by atomic mass is 16.5. The van der Waals surface area contributed by atoms with Gasteiger partial charge in [-0.15, -0.1) is 0 Å². The van der Waals surface area contributed by atoms with Gasteiger partial charge in [0.25, 0.3) is 0 Å². The monoisotopic (exact) mass is 181 g/mol. The van der Waals surface area contributed by atoms with Gasteiger partial charge in [0.15, 0.2) is 0 Å². The van der Waals surface area contributed by atoms with E-state index in [1.807, 2.05) is 6.92 Å². The van der Waals surface area contributed by atoms with Gasteiger partial charge in [0.2, 0.25) is 5.95 Å². The summed E-state index contributed by atoms with van der Waals surface area (Å²) in [6.45, 7) is 1.98. The molecule has 0 aliphatic rings. The summed E-state index contributed by atoms with van der Waals surface area (Å²) < 4.78 is 4.44. The van der Waals surface area contributed by atoms with Gasteiger partial charge in [-0.25, -0.2) is 9.97 Å². The van der Waals surface area contributed by atoms with Crippen molar-refractivity contribution in [3.05, 3.63) is 18.0 Å². The van der Waals surface area contributed by atoms with Crippen LogP contribution in [0.15, 0.2) is 12.4 Å². The fourth-order valence-corrected chi connectivity index (χ4v) is 0.707. The predicted octanol–water partition coefficient (Wildman–Crippen LogP) is 0.370.